The molecule has 3 rings (SSSR count). The van der Waals surface area contributed by atoms with Gasteiger partial charge in [0, 0.05) is 16.9 Å². The van der Waals surface area contributed by atoms with Crippen molar-refractivity contribution in [3.63, 3.8) is 0 Å². The summed E-state index contributed by atoms with van der Waals surface area (Å²) < 4.78 is 0. The average molecular weight is 412 g/mol. The summed E-state index contributed by atoms with van der Waals surface area (Å²) in [5, 5.41) is 6.51. The Labute approximate surface area is 166 Å². The van der Waals surface area contributed by atoms with E-state index in [-0.39, 0.29) is 18.2 Å². The van der Waals surface area contributed by atoms with Crippen LogP contribution in [-0.4, -0.2) is 34.3 Å². The van der Waals surface area contributed by atoms with Crippen molar-refractivity contribution >= 4 is 52.0 Å². The fourth-order valence-electron chi connectivity index (χ4n) is 3.06. The molecule has 2 aromatic rings. The predicted molar refractivity (Wildman–Crippen MR) is 105 cm³/mol. The van der Waals surface area contributed by atoms with Crippen LogP contribution in [0.15, 0.2) is 23.6 Å². The first-order valence-electron chi connectivity index (χ1n) is 8.40. The molecule has 26 heavy (non-hydrogen) atoms. The molecule has 1 fully saturated rings. The highest BCUT2D eigenvalue weighted by molar-refractivity contribution is 7.09. The van der Waals surface area contributed by atoms with Gasteiger partial charge in [-0.3, -0.25) is 9.59 Å². The van der Waals surface area contributed by atoms with Crippen LogP contribution in [-0.2, 0) is 16.0 Å². The topological polar surface area (TPSA) is 62.3 Å². The molecule has 1 saturated heterocycles. The molecule has 1 atom stereocenters. The van der Waals surface area contributed by atoms with Crippen LogP contribution in [0.5, 0.6) is 0 Å². The number of piperidine rings is 1. The van der Waals surface area contributed by atoms with Gasteiger partial charge in [0.2, 0.25) is 11.8 Å². The number of likely N-dealkylation sites (tertiary alicyclic amines) is 1. The van der Waals surface area contributed by atoms with Crippen molar-refractivity contribution < 1.29 is 9.59 Å². The number of carbonyl (C=O) groups is 2. The number of aryl methyl sites for hydroxylation is 1. The lowest BCUT2D eigenvalue weighted by atomic mass is 10.0. The highest BCUT2D eigenvalue weighted by atomic mass is 35.5. The van der Waals surface area contributed by atoms with Crippen molar-refractivity contribution in [2.45, 2.75) is 38.6 Å². The Morgan fingerprint density at radius 3 is 2.85 bits per heavy atom. The molecule has 1 N–H and O–H groups in total. The number of rotatable bonds is 4. The van der Waals surface area contributed by atoms with Gasteiger partial charge in [0.05, 0.1) is 27.8 Å². The molecule has 1 aliphatic heterocycles. The lowest BCUT2D eigenvalue weighted by Gasteiger charge is -2.34. The number of benzene rings is 1. The van der Waals surface area contributed by atoms with Crippen molar-refractivity contribution in [1.82, 2.24) is 9.88 Å². The van der Waals surface area contributed by atoms with E-state index in [2.05, 4.69) is 10.3 Å². The molecule has 5 nitrogen and oxygen atoms in total. The van der Waals surface area contributed by atoms with Gasteiger partial charge in [-0.25, -0.2) is 4.98 Å². The van der Waals surface area contributed by atoms with Gasteiger partial charge < -0.3 is 10.2 Å². The number of hydrogen-bond acceptors (Lipinski definition) is 4. The molecule has 8 heteroatoms. The summed E-state index contributed by atoms with van der Waals surface area (Å²) in [6.45, 7) is 2.49. The highest BCUT2D eigenvalue weighted by Gasteiger charge is 2.32. The zero-order valence-electron chi connectivity index (χ0n) is 14.3. The molecule has 0 radical (unpaired) electrons. The molecular weight excluding hydrogens is 393 g/mol. The van der Waals surface area contributed by atoms with Crippen molar-refractivity contribution in [2.24, 2.45) is 0 Å². The number of nitrogens with one attached hydrogen (secondary N) is 1. The van der Waals surface area contributed by atoms with Crippen molar-refractivity contribution in [3.8, 4) is 0 Å². The molecule has 1 aromatic carbocycles. The fourth-order valence-corrected chi connectivity index (χ4v) is 4.12. The van der Waals surface area contributed by atoms with E-state index in [0.717, 1.165) is 23.5 Å². The number of halogens is 2. The van der Waals surface area contributed by atoms with Crippen LogP contribution in [0.1, 0.15) is 30.0 Å². The van der Waals surface area contributed by atoms with E-state index in [1.54, 1.807) is 23.1 Å². The summed E-state index contributed by atoms with van der Waals surface area (Å²) in [6, 6.07) is 4.41. The lowest BCUT2D eigenvalue weighted by molar-refractivity contribution is -0.139. The fraction of sp³-hybridized carbons (Fsp3) is 0.389. The minimum Gasteiger partial charge on any atom is -0.330 e. The molecule has 2 heterocycles. The van der Waals surface area contributed by atoms with Gasteiger partial charge in [-0.1, -0.05) is 23.2 Å². The van der Waals surface area contributed by atoms with Gasteiger partial charge >= 0.3 is 0 Å². The number of carbonyl (C=O) groups excluding carboxylic acids is 2. The zero-order valence-corrected chi connectivity index (χ0v) is 16.6. The lowest BCUT2D eigenvalue weighted by Crippen LogP contribution is -2.50. The van der Waals surface area contributed by atoms with Crippen LogP contribution in [0.2, 0.25) is 10.0 Å². The molecule has 1 aliphatic rings. The zero-order chi connectivity index (χ0) is 18.7. The standard InChI is InChI=1S/C18H19Cl2N3O2S/c1-11-21-13(10-26-11)9-17(24)23-7-3-2-4-16(23)18(25)22-15-6-5-12(19)8-14(15)20/h5-6,8,10,16H,2-4,7,9H2,1H3,(H,22,25). The summed E-state index contributed by atoms with van der Waals surface area (Å²) in [5.41, 5.74) is 1.25. The van der Waals surface area contributed by atoms with Crippen LogP contribution in [0.4, 0.5) is 5.69 Å². The smallest absolute Gasteiger partial charge is 0.247 e. The van der Waals surface area contributed by atoms with Gasteiger partial charge in [-0.2, -0.15) is 0 Å². The van der Waals surface area contributed by atoms with Gasteiger partial charge in [-0.15, -0.1) is 11.3 Å². The summed E-state index contributed by atoms with van der Waals surface area (Å²) in [7, 11) is 0. The number of aromatic nitrogens is 1. The van der Waals surface area contributed by atoms with E-state index in [0.29, 0.717) is 28.7 Å². The second-order valence-corrected chi connectivity index (χ2v) is 8.15. The summed E-state index contributed by atoms with van der Waals surface area (Å²) >= 11 is 13.5. The molecule has 0 saturated carbocycles. The Morgan fingerprint density at radius 2 is 2.15 bits per heavy atom. The number of anilines is 1. The first kappa shape index (κ1) is 19.1. The normalized spacial score (nSPS) is 17.2. The average Bonchev–Trinajstić information content (AvgIpc) is 3.02. The third-order valence-corrected chi connectivity index (χ3v) is 5.68. The Kier molecular flexibility index (Phi) is 6.16. The van der Waals surface area contributed by atoms with E-state index in [1.807, 2.05) is 12.3 Å². The molecule has 1 aromatic heterocycles. The molecule has 2 amide bonds. The minimum absolute atomic E-state index is 0.0719. The second-order valence-electron chi connectivity index (χ2n) is 6.25. The Hall–Kier alpha value is -1.63. The quantitative estimate of drug-likeness (QED) is 0.814. The highest BCUT2D eigenvalue weighted by Crippen LogP contribution is 2.27. The summed E-state index contributed by atoms with van der Waals surface area (Å²) in [5.74, 6) is -0.297. The van der Waals surface area contributed by atoms with Crippen molar-refractivity contribution in [2.75, 3.05) is 11.9 Å². The number of thiazole rings is 1. The van der Waals surface area contributed by atoms with Gasteiger partial charge in [0.1, 0.15) is 6.04 Å². The Balaban J connectivity index is 1.71. The van der Waals surface area contributed by atoms with Crippen molar-refractivity contribution in [3.05, 3.63) is 44.3 Å². The van der Waals surface area contributed by atoms with Crippen LogP contribution >= 0.6 is 34.5 Å². The molecule has 1 unspecified atom stereocenters. The monoisotopic (exact) mass is 411 g/mol. The van der Waals surface area contributed by atoms with E-state index >= 15 is 0 Å². The minimum atomic E-state index is -0.497. The number of amides is 2. The number of nitrogens with zero attached hydrogens (tertiary/aromatic N) is 2. The molecule has 0 spiro atoms. The first-order valence-corrected chi connectivity index (χ1v) is 10.0. The van der Waals surface area contributed by atoms with Gasteiger partial charge in [-0.05, 0) is 44.4 Å². The predicted octanol–water partition coefficient (Wildman–Crippen LogP) is 4.32. The third kappa shape index (κ3) is 4.55. The maximum Gasteiger partial charge on any atom is 0.247 e. The molecule has 0 bridgehead atoms. The number of hydrogen-bond donors (Lipinski definition) is 1. The maximum absolute atomic E-state index is 12.8. The van der Waals surface area contributed by atoms with Crippen LogP contribution in [0.3, 0.4) is 0 Å². The maximum atomic E-state index is 12.8. The Morgan fingerprint density at radius 1 is 1.35 bits per heavy atom. The van der Waals surface area contributed by atoms with E-state index in [9.17, 15) is 9.59 Å². The SMILES string of the molecule is Cc1nc(CC(=O)N2CCCCC2C(=O)Nc2ccc(Cl)cc2Cl)cs1. The largest absolute Gasteiger partial charge is 0.330 e. The molecule has 0 aliphatic carbocycles. The van der Waals surface area contributed by atoms with Gasteiger partial charge in [0.25, 0.3) is 0 Å². The summed E-state index contributed by atoms with van der Waals surface area (Å²) in [6.07, 6.45) is 2.66. The summed E-state index contributed by atoms with van der Waals surface area (Å²) in [4.78, 5) is 31.5. The van der Waals surface area contributed by atoms with E-state index in [4.69, 9.17) is 23.2 Å². The third-order valence-electron chi connectivity index (χ3n) is 4.31. The van der Waals surface area contributed by atoms with Crippen LogP contribution < -0.4 is 5.32 Å². The Bertz CT molecular complexity index is 825. The van der Waals surface area contributed by atoms with Crippen LogP contribution in [0, 0.1) is 6.92 Å². The van der Waals surface area contributed by atoms with E-state index < -0.39 is 6.04 Å². The first-order chi connectivity index (χ1) is 12.4. The molecule has 138 valence electrons. The van der Waals surface area contributed by atoms with Gasteiger partial charge in [0.15, 0.2) is 0 Å². The van der Waals surface area contributed by atoms with Crippen molar-refractivity contribution in [1.29, 1.82) is 0 Å². The van der Waals surface area contributed by atoms with E-state index in [1.165, 1.54) is 11.3 Å². The molecular formula is C18H19Cl2N3O2S. The second kappa shape index (κ2) is 8.37. The van der Waals surface area contributed by atoms with Crippen LogP contribution in [0.25, 0.3) is 0 Å².